The van der Waals surface area contributed by atoms with Crippen LogP contribution in [-0.2, 0) is 9.53 Å². The summed E-state index contributed by atoms with van der Waals surface area (Å²) < 4.78 is 5.55. The van der Waals surface area contributed by atoms with E-state index >= 15 is 0 Å². The number of carbonyl (C=O) groups excluding carboxylic acids is 1. The van der Waals surface area contributed by atoms with Crippen LogP contribution in [0.1, 0.15) is 85.5 Å². The lowest BCUT2D eigenvalue weighted by Crippen LogP contribution is -2.68. The van der Waals surface area contributed by atoms with E-state index in [1.165, 1.54) is 13.3 Å². The van der Waals surface area contributed by atoms with Crippen LogP contribution in [0.15, 0.2) is 0 Å². The average molecular weight is 490 g/mol. The fourth-order valence-electron chi connectivity index (χ4n) is 11.2. The Bertz CT molecular complexity index is 866. The van der Waals surface area contributed by atoms with E-state index in [2.05, 4.69) is 20.8 Å². The Morgan fingerprint density at radius 2 is 1.71 bits per heavy atom. The van der Waals surface area contributed by atoms with Crippen molar-refractivity contribution < 1.29 is 24.4 Å². The van der Waals surface area contributed by atoms with E-state index in [1.807, 2.05) is 0 Å². The SMILES string of the molecule is CC(=O)O[C@@H]1CC[C@@]2(C)[C@H](C1)[C@@H](O)C[C@@H]1[C@@H]2C[C@H]2[C@@H]3C[N@@+]4([O-])C[C@H](C)CC[C@H]4[C@H](C)[C@H]3CC[C@@]12O. The van der Waals surface area contributed by atoms with E-state index in [0.717, 1.165) is 51.5 Å². The fraction of sp³-hybridized carbons (Fsp3) is 0.966. The molecule has 2 saturated heterocycles. The third-order valence-electron chi connectivity index (χ3n) is 12.7. The maximum Gasteiger partial charge on any atom is 0.302 e. The molecule has 6 nitrogen and oxygen atoms in total. The molecule has 6 heteroatoms. The first-order chi connectivity index (χ1) is 16.5. The number of piperidine rings is 2. The molecule has 0 spiro atoms. The van der Waals surface area contributed by atoms with Gasteiger partial charge < -0.3 is 24.8 Å². The summed E-state index contributed by atoms with van der Waals surface area (Å²) in [5.74, 6) is 2.30. The lowest BCUT2D eigenvalue weighted by atomic mass is 9.50. The van der Waals surface area contributed by atoms with E-state index in [1.54, 1.807) is 0 Å². The third kappa shape index (κ3) is 3.52. The molecule has 0 aromatic carbocycles. The van der Waals surface area contributed by atoms with Crippen LogP contribution in [0.2, 0.25) is 0 Å². The summed E-state index contributed by atoms with van der Waals surface area (Å²) >= 11 is 0. The average Bonchev–Trinajstić information content (AvgIpc) is 3.07. The lowest BCUT2D eigenvalue weighted by molar-refractivity contribution is -0.929. The molecule has 4 saturated carbocycles. The van der Waals surface area contributed by atoms with Gasteiger partial charge in [-0.3, -0.25) is 4.79 Å². The molecule has 198 valence electrons. The van der Waals surface area contributed by atoms with Crippen molar-refractivity contribution in [2.45, 2.75) is 109 Å². The summed E-state index contributed by atoms with van der Waals surface area (Å²) in [6, 6.07) is 0.239. The first-order valence-electron chi connectivity index (χ1n) is 14.6. The number of hydrogen-bond donors (Lipinski definition) is 2. The second-order valence-electron chi connectivity index (χ2n) is 14.3. The Labute approximate surface area is 211 Å². The first kappa shape index (κ1) is 24.6. The minimum Gasteiger partial charge on any atom is -0.633 e. The molecule has 2 heterocycles. The van der Waals surface area contributed by atoms with Gasteiger partial charge in [0.15, 0.2) is 0 Å². The lowest BCUT2D eigenvalue weighted by Gasteiger charge is -2.64. The second-order valence-corrected chi connectivity index (χ2v) is 14.3. The van der Waals surface area contributed by atoms with Crippen molar-refractivity contribution in [2.24, 2.45) is 52.8 Å². The van der Waals surface area contributed by atoms with E-state index in [-0.39, 0.29) is 45.9 Å². The number of fused-ring (bicyclic) bond motifs is 8. The van der Waals surface area contributed by atoms with Gasteiger partial charge in [0.2, 0.25) is 0 Å². The van der Waals surface area contributed by atoms with Crippen LogP contribution >= 0.6 is 0 Å². The zero-order valence-corrected chi connectivity index (χ0v) is 22.2. The molecular formula is C29H47NO5. The van der Waals surface area contributed by atoms with E-state index in [4.69, 9.17) is 4.74 Å². The third-order valence-corrected chi connectivity index (χ3v) is 12.7. The number of aliphatic hydroxyl groups excluding tert-OH is 1. The molecule has 6 aliphatic rings. The zero-order valence-electron chi connectivity index (χ0n) is 22.2. The zero-order chi connectivity index (χ0) is 24.9. The molecule has 0 bridgehead atoms. The molecule has 6 fully saturated rings. The number of carbonyl (C=O) groups is 1. The van der Waals surface area contributed by atoms with Gasteiger partial charge in [-0.2, -0.15) is 0 Å². The molecule has 0 unspecified atom stereocenters. The standard InChI is InChI=1S/C29H47NO5/c1-16-5-6-26-17(2)20-8-10-29(33)22(21(20)15-30(26,34)14-16)12-23-24(29)13-27(32)25-11-19(35-18(3)31)7-9-28(23,25)4/h16-17,19-27,32-33H,5-15H2,1-4H3/t16-,17-,19-,20-,21-,22+,23+,24-,25-,26+,27+,28-,29+,30+/m1/s1. The maximum atomic E-state index is 14.2. The summed E-state index contributed by atoms with van der Waals surface area (Å²) in [7, 11) is 0. The summed E-state index contributed by atoms with van der Waals surface area (Å²) in [4.78, 5) is 11.6. The highest BCUT2D eigenvalue weighted by Crippen LogP contribution is 2.68. The van der Waals surface area contributed by atoms with Crippen LogP contribution in [0.5, 0.6) is 0 Å². The normalized spacial score (nSPS) is 59.3. The number of ether oxygens (including phenoxy) is 1. The molecule has 4 aliphatic carbocycles. The molecule has 0 aromatic rings. The monoisotopic (exact) mass is 489 g/mol. The molecule has 0 radical (unpaired) electrons. The van der Waals surface area contributed by atoms with E-state index < -0.39 is 11.7 Å². The Morgan fingerprint density at radius 3 is 2.46 bits per heavy atom. The van der Waals surface area contributed by atoms with Gasteiger partial charge in [-0.05, 0) is 86.4 Å². The van der Waals surface area contributed by atoms with Gasteiger partial charge >= 0.3 is 5.97 Å². The van der Waals surface area contributed by atoms with Gasteiger partial charge in [0, 0.05) is 31.1 Å². The van der Waals surface area contributed by atoms with Crippen LogP contribution in [0.4, 0.5) is 0 Å². The molecule has 6 rings (SSSR count). The van der Waals surface area contributed by atoms with Gasteiger partial charge in [-0.25, -0.2) is 0 Å². The Morgan fingerprint density at radius 1 is 0.943 bits per heavy atom. The number of hydrogen-bond acceptors (Lipinski definition) is 5. The van der Waals surface area contributed by atoms with Crippen LogP contribution in [0, 0.1) is 58.0 Å². The molecule has 0 aromatic heterocycles. The van der Waals surface area contributed by atoms with Crippen molar-refractivity contribution >= 4 is 5.97 Å². The predicted octanol–water partition coefficient (Wildman–Crippen LogP) is 4.26. The number of esters is 1. The van der Waals surface area contributed by atoms with Crippen molar-refractivity contribution in [1.29, 1.82) is 0 Å². The number of rotatable bonds is 1. The van der Waals surface area contributed by atoms with Crippen molar-refractivity contribution in [1.82, 2.24) is 0 Å². The second kappa shape index (κ2) is 8.15. The van der Waals surface area contributed by atoms with Gasteiger partial charge in [0.25, 0.3) is 0 Å². The van der Waals surface area contributed by atoms with Crippen molar-refractivity contribution in [3.63, 3.8) is 0 Å². The first-order valence-corrected chi connectivity index (χ1v) is 14.6. The highest BCUT2D eigenvalue weighted by atomic mass is 16.6. The molecular weight excluding hydrogens is 442 g/mol. The smallest absolute Gasteiger partial charge is 0.302 e. The van der Waals surface area contributed by atoms with E-state index in [0.29, 0.717) is 42.6 Å². The van der Waals surface area contributed by atoms with Gasteiger partial charge in [0.1, 0.15) is 6.10 Å². The molecule has 0 amide bonds. The van der Waals surface area contributed by atoms with Gasteiger partial charge in [-0.15, -0.1) is 0 Å². The fourth-order valence-corrected chi connectivity index (χ4v) is 11.2. The molecule has 14 atom stereocenters. The number of hydroxylamine groups is 3. The Kier molecular flexibility index (Phi) is 5.74. The number of nitrogens with zero attached hydrogens (tertiary/aromatic N) is 1. The highest BCUT2D eigenvalue weighted by molar-refractivity contribution is 5.66. The Balaban J connectivity index is 1.29. The van der Waals surface area contributed by atoms with Crippen molar-refractivity contribution in [3.8, 4) is 0 Å². The van der Waals surface area contributed by atoms with Crippen molar-refractivity contribution in [2.75, 3.05) is 13.1 Å². The summed E-state index contributed by atoms with van der Waals surface area (Å²) in [5, 5.41) is 38.0. The summed E-state index contributed by atoms with van der Waals surface area (Å²) in [5.41, 5.74) is -0.797. The molecule has 2 aliphatic heterocycles. The quantitative estimate of drug-likeness (QED) is 0.326. The van der Waals surface area contributed by atoms with Gasteiger partial charge in [0.05, 0.1) is 30.8 Å². The van der Waals surface area contributed by atoms with Crippen LogP contribution in [0.3, 0.4) is 0 Å². The maximum absolute atomic E-state index is 14.2. The largest absolute Gasteiger partial charge is 0.633 e. The van der Waals surface area contributed by atoms with Crippen molar-refractivity contribution in [3.05, 3.63) is 5.21 Å². The van der Waals surface area contributed by atoms with Gasteiger partial charge in [-0.1, -0.05) is 20.8 Å². The minimum atomic E-state index is -0.749. The predicted molar refractivity (Wildman–Crippen MR) is 133 cm³/mol. The number of quaternary nitrogens is 1. The Hall–Kier alpha value is -0.690. The van der Waals surface area contributed by atoms with Crippen LogP contribution in [0.25, 0.3) is 0 Å². The van der Waals surface area contributed by atoms with Crippen LogP contribution < -0.4 is 0 Å². The summed E-state index contributed by atoms with van der Waals surface area (Å²) in [6.45, 7) is 9.82. The molecule has 35 heavy (non-hydrogen) atoms. The minimum absolute atomic E-state index is 0.0298. The summed E-state index contributed by atoms with van der Waals surface area (Å²) in [6.07, 6.45) is 7.68. The molecule has 2 N–H and O–H groups in total. The number of aliphatic hydroxyl groups is 2. The van der Waals surface area contributed by atoms with Crippen LogP contribution in [-0.4, -0.2) is 57.8 Å². The highest BCUT2D eigenvalue weighted by Gasteiger charge is 2.69. The topological polar surface area (TPSA) is 89.8 Å². The van der Waals surface area contributed by atoms with E-state index in [9.17, 15) is 20.2 Å².